The molecule has 2 N–H and O–H groups in total. The van der Waals surface area contributed by atoms with Crippen LogP contribution in [0.3, 0.4) is 0 Å². The van der Waals surface area contributed by atoms with Crippen LogP contribution in [0.2, 0.25) is 5.02 Å². The van der Waals surface area contributed by atoms with Crippen molar-refractivity contribution in [2.24, 2.45) is 0 Å². The smallest absolute Gasteiger partial charge is 0.414 e. The van der Waals surface area contributed by atoms with Gasteiger partial charge in [-0.1, -0.05) is 72.3 Å². The highest BCUT2D eigenvalue weighted by molar-refractivity contribution is 7.55. The minimum absolute atomic E-state index is 0.291. The second-order valence-electron chi connectivity index (χ2n) is 7.09. The molecule has 0 spiro atoms. The highest BCUT2D eigenvalue weighted by atomic mass is 35.5. The summed E-state index contributed by atoms with van der Waals surface area (Å²) < 4.78 is 26.3. The summed E-state index contributed by atoms with van der Waals surface area (Å²) in [6, 6.07) is 28.4. The summed E-state index contributed by atoms with van der Waals surface area (Å²) in [7, 11) is -4.16. The fraction of sp³-hybridized carbons (Fsp3) is 0.0400. The van der Waals surface area contributed by atoms with Crippen LogP contribution < -0.4 is 19.7 Å². The van der Waals surface area contributed by atoms with Gasteiger partial charge < -0.3 is 14.4 Å². The van der Waals surface area contributed by atoms with Crippen LogP contribution in [0.15, 0.2) is 109 Å². The third kappa shape index (κ3) is 5.95. The Labute approximate surface area is 202 Å². The van der Waals surface area contributed by atoms with E-state index in [4.69, 9.17) is 20.6 Å². The van der Waals surface area contributed by atoms with Crippen LogP contribution >= 0.6 is 19.2 Å². The van der Waals surface area contributed by atoms with Gasteiger partial charge in [0.05, 0.1) is 0 Å². The number of aromatic nitrogens is 1. The average Bonchev–Trinajstić information content (AvgIpc) is 2.85. The highest BCUT2D eigenvalue weighted by Crippen LogP contribution is 2.59. The summed E-state index contributed by atoms with van der Waals surface area (Å²) in [4.78, 5) is 17.0. The molecule has 0 fully saturated rings. The zero-order chi connectivity index (χ0) is 23.8. The van der Waals surface area contributed by atoms with Crippen molar-refractivity contribution in [3.8, 4) is 11.5 Å². The fourth-order valence-electron chi connectivity index (χ4n) is 3.12. The van der Waals surface area contributed by atoms with Crippen LogP contribution in [-0.4, -0.2) is 11.0 Å². The third-order valence-electron chi connectivity index (χ3n) is 4.64. The standard InChI is InChI=1S/C25H21ClN3O4P/c26-22-16-8-7-15-21(22)24(29-25(30)28-23-17-9-10-18-27-23)34(31,32-19-11-3-1-4-12-19)33-20-13-5-2-6-14-20/h1-18,24H,(H2,27,28,29,30). The minimum atomic E-state index is -4.16. The summed E-state index contributed by atoms with van der Waals surface area (Å²) in [5.41, 5.74) is 0.371. The van der Waals surface area contributed by atoms with Crippen molar-refractivity contribution in [2.75, 3.05) is 5.32 Å². The minimum Gasteiger partial charge on any atom is -0.414 e. The Bertz CT molecular complexity index is 1230. The van der Waals surface area contributed by atoms with Crippen molar-refractivity contribution in [1.82, 2.24) is 10.3 Å². The number of pyridine rings is 1. The van der Waals surface area contributed by atoms with Gasteiger partial charge >= 0.3 is 13.6 Å². The van der Waals surface area contributed by atoms with Crippen molar-refractivity contribution in [1.29, 1.82) is 0 Å². The highest BCUT2D eigenvalue weighted by Gasteiger charge is 2.43. The summed E-state index contributed by atoms with van der Waals surface area (Å²) in [5.74, 6) is -0.303. The van der Waals surface area contributed by atoms with Gasteiger partial charge in [-0.3, -0.25) is 5.32 Å². The van der Waals surface area contributed by atoms with Crippen molar-refractivity contribution < 1.29 is 18.4 Å². The molecule has 7 nitrogen and oxygen atoms in total. The van der Waals surface area contributed by atoms with Gasteiger partial charge in [-0.25, -0.2) is 14.3 Å². The second kappa shape index (κ2) is 10.9. The van der Waals surface area contributed by atoms with E-state index in [0.29, 0.717) is 27.9 Å². The number of hydrogen-bond acceptors (Lipinski definition) is 5. The van der Waals surface area contributed by atoms with Crippen LogP contribution in [0.4, 0.5) is 10.6 Å². The van der Waals surface area contributed by atoms with E-state index in [1.54, 1.807) is 109 Å². The average molecular weight is 494 g/mol. The first-order chi connectivity index (χ1) is 16.5. The molecule has 0 radical (unpaired) electrons. The number of nitrogens with one attached hydrogen (secondary N) is 2. The van der Waals surface area contributed by atoms with Crippen LogP contribution in [0, 0.1) is 0 Å². The molecule has 0 aliphatic carbocycles. The van der Waals surface area contributed by atoms with Gasteiger partial charge in [0.15, 0.2) is 5.78 Å². The molecule has 0 saturated carbocycles. The topological polar surface area (TPSA) is 89.6 Å². The number of nitrogens with zero attached hydrogens (tertiary/aromatic N) is 1. The lowest BCUT2D eigenvalue weighted by Gasteiger charge is -2.29. The van der Waals surface area contributed by atoms with E-state index in [1.807, 2.05) is 0 Å². The van der Waals surface area contributed by atoms with E-state index in [0.717, 1.165) is 0 Å². The Hall–Kier alpha value is -3.80. The van der Waals surface area contributed by atoms with E-state index < -0.39 is 19.4 Å². The van der Waals surface area contributed by atoms with Crippen LogP contribution in [-0.2, 0) is 4.57 Å². The maximum absolute atomic E-state index is 14.4. The number of amides is 2. The van der Waals surface area contributed by atoms with E-state index >= 15 is 0 Å². The molecular formula is C25H21ClN3O4P. The molecule has 1 aromatic heterocycles. The van der Waals surface area contributed by atoms with E-state index in [-0.39, 0.29) is 0 Å². The monoisotopic (exact) mass is 493 g/mol. The Balaban J connectivity index is 1.74. The first kappa shape index (κ1) is 23.4. The molecule has 3 aromatic carbocycles. The number of carbonyl (C=O) groups excluding carboxylic acids is 1. The van der Waals surface area contributed by atoms with Gasteiger partial charge in [-0.15, -0.1) is 0 Å². The molecule has 1 heterocycles. The van der Waals surface area contributed by atoms with Crippen molar-refractivity contribution in [2.45, 2.75) is 5.78 Å². The summed E-state index contributed by atoms with van der Waals surface area (Å²) in [5, 5.41) is 5.63. The van der Waals surface area contributed by atoms with Crippen molar-refractivity contribution >= 4 is 31.0 Å². The lowest BCUT2D eigenvalue weighted by Crippen LogP contribution is -2.34. The van der Waals surface area contributed by atoms with Gasteiger partial charge in [-0.2, -0.15) is 0 Å². The predicted octanol–water partition coefficient (Wildman–Crippen LogP) is 6.91. The molecule has 1 atom stereocenters. The SMILES string of the molecule is O=C(Nc1ccccn1)NC(c1ccccc1Cl)P(=O)(Oc1ccccc1)Oc1ccccc1. The number of anilines is 1. The molecule has 1 unspecified atom stereocenters. The molecule has 0 aliphatic heterocycles. The predicted molar refractivity (Wildman–Crippen MR) is 132 cm³/mol. The number of halogens is 1. The maximum Gasteiger partial charge on any atom is 0.457 e. The third-order valence-corrected chi connectivity index (χ3v) is 6.96. The number of carbonyl (C=O) groups is 1. The summed E-state index contributed by atoms with van der Waals surface area (Å²) in [6.45, 7) is 0. The quantitative estimate of drug-likeness (QED) is 0.260. The molecule has 9 heteroatoms. The van der Waals surface area contributed by atoms with Crippen LogP contribution in [0.25, 0.3) is 0 Å². The number of para-hydroxylation sites is 2. The largest absolute Gasteiger partial charge is 0.457 e. The number of hydrogen-bond donors (Lipinski definition) is 2. The summed E-state index contributed by atoms with van der Waals surface area (Å²) in [6.07, 6.45) is 1.54. The Morgan fingerprint density at radius 1 is 0.794 bits per heavy atom. The van der Waals surface area contributed by atoms with Gasteiger partial charge in [0.1, 0.15) is 17.3 Å². The molecule has 34 heavy (non-hydrogen) atoms. The first-order valence-corrected chi connectivity index (χ1v) is 12.3. The molecule has 0 bridgehead atoms. The van der Waals surface area contributed by atoms with Crippen LogP contribution in [0.5, 0.6) is 11.5 Å². The first-order valence-electron chi connectivity index (χ1n) is 10.4. The van der Waals surface area contributed by atoms with E-state index in [1.165, 1.54) is 0 Å². The lowest BCUT2D eigenvalue weighted by atomic mass is 10.2. The number of benzene rings is 3. The molecule has 0 aliphatic rings. The molecular weight excluding hydrogens is 473 g/mol. The summed E-state index contributed by atoms with van der Waals surface area (Å²) >= 11 is 6.46. The maximum atomic E-state index is 14.4. The van der Waals surface area contributed by atoms with Crippen molar-refractivity contribution in [3.63, 3.8) is 0 Å². The lowest BCUT2D eigenvalue weighted by molar-refractivity contribution is 0.249. The Morgan fingerprint density at radius 2 is 1.35 bits per heavy atom. The molecule has 4 aromatic rings. The Kier molecular flexibility index (Phi) is 7.48. The van der Waals surface area contributed by atoms with Gasteiger partial charge in [0.2, 0.25) is 0 Å². The molecule has 172 valence electrons. The van der Waals surface area contributed by atoms with Gasteiger partial charge in [-0.05, 0) is 42.5 Å². The van der Waals surface area contributed by atoms with Gasteiger partial charge in [0, 0.05) is 16.8 Å². The molecule has 2 amide bonds. The van der Waals surface area contributed by atoms with Crippen LogP contribution in [0.1, 0.15) is 11.3 Å². The second-order valence-corrected chi connectivity index (χ2v) is 9.45. The molecule has 0 saturated heterocycles. The Morgan fingerprint density at radius 3 is 1.91 bits per heavy atom. The normalized spacial score (nSPS) is 11.8. The van der Waals surface area contributed by atoms with Crippen molar-refractivity contribution in [3.05, 3.63) is 120 Å². The van der Waals surface area contributed by atoms with Gasteiger partial charge in [0.25, 0.3) is 0 Å². The number of rotatable bonds is 8. The number of urea groups is 1. The van der Waals surface area contributed by atoms with E-state index in [9.17, 15) is 9.36 Å². The zero-order valence-corrected chi connectivity index (χ0v) is 19.5. The zero-order valence-electron chi connectivity index (χ0n) is 17.9. The molecule has 4 rings (SSSR count). The fourth-order valence-corrected chi connectivity index (χ4v) is 5.36. The van der Waals surface area contributed by atoms with E-state index in [2.05, 4.69) is 15.6 Å².